The smallest absolute Gasteiger partial charge is 0.254 e. The summed E-state index contributed by atoms with van der Waals surface area (Å²) in [7, 11) is 0. The van der Waals surface area contributed by atoms with E-state index in [0.717, 1.165) is 11.8 Å². The van der Waals surface area contributed by atoms with Gasteiger partial charge in [0, 0.05) is 11.6 Å². The molecule has 110 valence electrons. The van der Waals surface area contributed by atoms with Gasteiger partial charge in [-0.15, -0.1) is 0 Å². The molecule has 0 unspecified atom stereocenters. The molecule has 0 saturated carbocycles. The van der Waals surface area contributed by atoms with E-state index < -0.39 is 11.9 Å². The number of hydrogen-bond donors (Lipinski definition) is 2. The molecule has 0 aliphatic carbocycles. The number of nitrogens with zero attached hydrogens (tertiary/aromatic N) is 1. The minimum absolute atomic E-state index is 0.0191. The summed E-state index contributed by atoms with van der Waals surface area (Å²) in [6, 6.07) is 8.40. The second kappa shape index (κ2) is 6.35. The summed E-state index contributed by atoms with van der Waals surface area (Å²) < 4.78 is 0. The molecule has 2 rings (SSSR count). The molecule has 0 aliphatic rings. The van der Waals surface area contributed by atoms with Crippen molar-refractivity contribution in [2.24, 2.45) is 11.7 Å². The fourth-order valence-electron chi connectivity index (χ4n) is 2.24. The SMILES string of the molecule is CC[C@@H](C)[C@@H](NC(=O)c1cccc2cccnc12)C(N)=O. The lowest BCUT2D eigenvalue weighted by Crippen LogP contribution is -2.48. The Morgan fingerprint density at radius 1 is 1.29 bits per heavy atom. The number of hydrogen-bond acceptors (Lipinski definition) is 3. The van der Waals surface area contributed by atoms with Gasteiger partial charge >= 0.3 is 0 Å². The maximum Gasteiger partial charge on any atom is 0.254 e. The average Bonchev–Trinajstić information content (AvgIpc) is 2.50. The van der Waals surface area contributed by atoms with Gasteiger partial charge < -0.3 is 11.1 Å². The van der Waals surface area contributed by atoms with Crippen molar-refractivity contribution in [1.29, 1.82) is 0 Å². The average molecular weight is 285 g/mol. The van der Waals surface area contributed by atoms with E-state index in [-0.39, 0.29) is 11.8 Å². The van der Waals surface area contributed by atoms with Gasteiger partial charge in [0.25, 0.3) is 5.91 Å². The van der Waals surface area contributed by atoms with Gasteiger partial charge in [-0.05, 0) is 18.1 Å². The summed E-state index contributed by atoms with van der Waals surface area (Å²) in [6.07, 6.45) is 2.39. The Morgan fingerprint density at radius 2 is 2.00 bits per heavy atom. The summed E-state index contributed by atoms with van der Waals surface area (Å²) in [5.41, 5.74) is 6.45. The Labute approximate surface area is 123 Å². The van der Waals surface area contributed by atoms with Crippen molar-refractivity contribution >= 4 is 22.7 Å². The Bertz CT molecular complexity index is 664. The number of benzene rings is 1. The van der Waals surface area contributed by atoms with Crippen LogP contribution >= 0.6 is 0 Å². The number of pyridine rings is 1. The van der Waals surface area contributed by atoms with E-state index >= 15 is 0 Å². The molecule has 1 heterocycles. The van der Waals surface area contributed by atoms with Crippen LogP contribution in [-0.4, -0.2) is 22.8 Å². The fourth-order valence-corrected chi connectivity index (χ4v) is 2.24. The molecule has 3 N–H and O–H groups in total. The predicted octanol–water partition coefficient (Wildman–Crippen LogP) is 1.86. The molecule has 2 amide bonds. The zero-order valence-corrected chi connectivity index (χ0v) is 12.2. The van der Waals surface area contributed by atoms with Gasteiger partial charge in [0.15, 0.2) is 0 Å². The van der Waals surface area contributed by atoms with Crippen LogP contribution in [0.15, 0.2) is 36.5 Å². The number of nitrogens with one attached hydrogen (secondary N) is 1. The molecule has 0 spiro atoms. The van der Waals surface area contributed by atoms with Crippen LogP contribution in [0.4, 0.5) is 0 Å². The standard InChI is InChI=1S/C16H19N3O2/c1-3-10(2)13(15(17)20)19-16(21)12-8-4-6-11-7-5-9-18-14(11)12/h4-10,13H,3H2,1-2H3,(H2,17,20)(H,19,21)/t10-,13-/m1/s1. The van der Waals surface area contributed by atoms with Crippen molar-refractivity contribution in [1.82, 2.24) is 10.3 Å². The van der Waals surface area contributed by atoms with E-state index in [9.17, 15) is 9.59 Å². The first-order valence-corrected chi connectivity index (χ1v) is 6.98. The third-order valence-corrected chi connectivity index (χ3v) is 3.68. The molecule has 0 saturated heterocycles. The number of fused-ring (bicyclic) bond motifs is 1. The van der Waals surface area contributed by atoms with Gasteiger partial charge in [-0.2, -0.15) is 0 Å². The third kappa shape index (κ3) is 3.18. The highest BCUT2D eigenvalue weighted by Crippen LogP contribution is 2.16. The van der Waals surface area contributed by atoms with Gasteiger partial charge in [0.2, 0.25) is 5.91 Å². The van der Waals surface area contributed by atoms with Crippen molar-refractivity contribution in [3.8, 4) is 0 Å². The lowest BCUT2D eigenvalue weighted by molar-refractivity contribution is -0.120. The second-order valence-corrected chi connectivity index (χ2v) is 5.12. The molecule has 0 fully saturated rings. The predicted molar refractivity (Wildman–Crippen MR) is 81.6 cm³/mol. The van der Waals surface area contributed by atoms with Crippen LogP contribution in [0, 0.1) is 5.92 Å². The first-order chi connectivity index (χ1) is 10.0. The van der Waals surface area contributed by atoms with Crippen molar-refractivity contribution in [2.75, 3.05) is 0 Å². The minimum atomic E-state index is -0.679. The molecule has 0 aliphatic heterocycles. The minimum Gasteiger partial charge on any atom is -0.368 e. The molecular formula is C16H19N3O2. The number of primary amides is 1. The molecule has 2 aromatic rings. The monoisotopic (exact) mass is 285 g/mol. The van der Waals surface area contributed by atoms with Crippen LogP contribution in [0.2, 0.25) is 0 Å². The lowest BCUT2D eigenvalue weighted by atomic mass is 9.98. The normalized spacial score (nSPS) is 13.6. The molecule has 1 aromatic heterocycles. The van der Waals surface area contributed by atoms with E-state index in [4.69, 9.17) is 5.73 Å². The van der Waals surface area contributed by atoms with Gasteiger partial charge in [-0.3, -0.25) is 14.6 Å². The Kier molecular flexibility index (Phi) is 4.52. The van der Waals surface area contributed by atoms with Crippen molar-refractivity contribution in [2.45, 2.75) is 26.3 Å². The van der Waals surface area contributed by atoms with Crippen LogP contribution in [0.25, 0.3) is 10.9 Å². The molecule has 5 heteroatoms. The summed E-state index contributed by atoms with van der Waals surface area (Å²) >= 11 is 0. The quantitative estimate of drug-likeness (QED) is 0.879. The number of rotatable bonds is 5. The number of aromatic nitrogens is 1. The molecular weight excluding hydrogens is 266 g/mol. The van der Waals surface area contributed by atoms with Crippen molar-refractivity contribution in [3.05, 3.63) is 42.1 Å². The second-order valence-electron chi connectivity index (χ2n) is 5.12. The summed E-state index contributed by atoms with van der Waals surface area (Å²) in [4.78, 5) is 28.2. The summed E-state index contributed by atoms with van der Waals surface area (Å²) in [5, 5.41) is 3.60. The highest BCUT2D eigenvalue weighted by molar-refractivity contribution is 6.06. The molecule has 5 nitrogen and oxygen atoms in total. The van der Waals surface area contributed by atoms with Crippen molar-refractivity contribution in [3.63, 3.8) is 0 Å². The number of carbonyl (C=O) groups is 2. The lowest BCUT2D eigenvalue weighted by Gasteiger charge is -2.21. The van der Waals surface area contributed by atoms with E-state index in [2.05, 4.69) is 10.3 Å². The Morgan fingerprint density at radius 3 is 2.67 bits per heavy atom. The Hall–Kier alpha value is -2.43. The van der Waals surface area contributed by atoms with E-state index in [1.165, 1.54) is 0 Å². The van der Waals surface area contributed by atoms with Gasteiger partial charge in [-0.25, -0.2) is 0 Å². The largest absolute Gasteiger partial charge is 0.368 e. The molecule has 21 heavy (non-hydrogen) atoms. The zero-order chi connectivity index (χ0) is 15.4. The van der Waals surface area contributed by atoms with Crippen molar-refractivity contribution < 1.29 is 9.59 Å². The van der Waals surface area contributed by atoms with Gasteiger partial charge in [-0.1, -0.05) is 38.5 Å². The van der Waals surface area contributed by atoms with Crippen LogP contribution in [-0.2, 0) is 4.79 Å². The van der Waals surface area contributed by atoms with Crippen LogP contribution in [0.1, 0.15) is 30.6 Å². The first-order valence-electron chi connectivity index (χ1n) is 6.98. The maximum absolute atomic E-state index is 12.4. The Balaban J connectivity index is 2.32. The fraction of sp³-hybridized carbons (Fsp3) is 0.312. The first kappa shape index (κ1) is 15.0. The highest BCUT2D eigenvalue weighted by Gasteiger charge is 2.24. The third-order valence-electron chi connectivity index (χ3n) is 3.68. The number of nitrogens with two attached hydrogens (primary N) is 1. The highest BCUT2D eigenvalue weighted by atomic mass is 16.2. The summed E-state index contributed by atoms with van der Waals surface area (Å²) in [6.45, 7) is 3.84. The summed E-state index contributed by atoms with van der Waals surface area (Å²) in [5.74, 6) is -0.872. The molecule has 2 atom stereocenters. The van der Waals surface area contributed by atoms with Crippen LogP contribution in [0.3, 0.4) is 0 Å². The van der Waals surface area contributed by atoms with Gasteiger partial charge in [0.1, 0.15) is 6.04 Å². The molecule has 0 bridgehead atoms. The molecule has 0 radical (unpaired) electrons. The number of carbonyl (C=O) groups excluding carboxylic acids is 2. The van der Waals surface area contributed by atoms with Crippen LogP contribution < -0.4 is 11.1 Å². The van der Waals surface area contributed by atoms with E-state index in [1.54, 1.807) is 18.3 Å². The zero-order valence-electron chi connectivity index (χ0n) is 12.2. The number of amides is 2. The molecule has 1 aromatic carbocycles. The van der Waals surface area contributed by atoms with Gasteiger partial charge in [0.05, 0.1) is 11.1 Å². The number of para-hydroxylation sites is 1. The maximum atomic E-state index is 12.4. The van der Waals surface area contributed by atoms with E-state index in [1.807, 2.05) is 32.0 Å². The topological polar surface area (TPSA) is 85.1 Å². The van der Waals surface area contributed by atoms with Crippen LogP contribution in [0.5, 0.6) is 0 Å². The van der Waals surface area contributed by atoms with E-state index in [0.29, 0.717) is 11.1 Å².